The zero-order valence-electron chi connectivity index (χ0n) is 18.8. The van der Waals surface area contributed by atoms with Gasteiger partial charge in [-0.15, -0.1) is 0 Å². The summed E-state index contributed by atoms with van der Waals surface area (Å²) < 4.78 is 41.3. The molecule has 0 rings (SSSR count). The molecule has 0 bridgehead atoms. The van der Waals surface area contributed by atoms with Crippen LogP contribution in [-0.4, -0.2) is 104 Å². The molecule has 0 amide bonds. The summed E-state index contributed by atoms with van der Waals surface area (Å²) in [6.07, 6.45) is 0.231. The van der Waals surface area contributed by atoms with Crippen molar-refractivity contribution >= 4 is 11.9 Å². The molecule has 0 spiro atoms. The lowest BCUT2D eigenvalue weighted by Crippen LogP contribution is -2.24. The van der Waals surface area contributed by atoms with Crippen molar-refractivity contribution in [2.45, 2.75) is 32.8 Å². The third-order valence-electron chi connectivity index (χ3n) is 3.18. The number of carbonyl (C=O) groups excluding carboxylic acids is 2. The van der Waals surface area contributed by atoms with E-state index in [1.807, 2.05) is 20.8 Å². The van der Waals surface area contributed by atoms with Gasteiger partial charge < -0.3 is 37.9 Å². The summed E-state index contributed by atoms with van der Waals surface area (Å²) in [5, 5.41) is 0. The SMILES string of the molecule is COC(=O)COCCOCCOCCOCCOCCOCCC(=O)OC(C)(C)C. The van der Waals surface area contributed by atoms with Crippen LogP contribution in [0.25, 0.3) is 0 Å². The van der Waals surface area contributed by atoms with E-state index in [-0.39, 0.29) is 19.0 Å². The third-order valence-corrected chi connectivity index (χ3v) is 3.18. The molecule has 0 radical (unpaired) electrons. The van der Waals surface area contributed by atoms with Gasteiger partial charge in [0.25, 0.3) is 0 Å². The van der Waals surface area contributed by atoms with E-state index in [0.29, 0.717) is 72.7 Å². The van der Waals surface area contributed by atoms with Crippen molar-refractivity contribution in [3.05, 3.63) is 0 Å². The Kier molecular flexibility index (Phi) is 18.8. The number of methoxy groups -OCH3 is 1. The Labute approximate surface area is 179 Å². The summed E-state index contributed by atoms with van der Waals surface area (Å²) in [7, 11) is 1.31. The second kappa shape index (κ2) is 19.7. The smallest absolute Gasteiger partial charge is 0.331 e. The standard InChI is InChI=1S/C20H38O10/c1-20(2,3)30-18(21)5-6-24-7-8-25-9-10-26-11-12-27-13-14-28-15-16-29-17-19(22)23-4/h5-17H2,1-4H3. The number of carbonyl (C=O) groups is 2. The molecule has 0 aromatic rings. The van der Waals surface area contributed by atoms with Crippen LogP contribution in [-0.2, 0) is 47.5 Å². The Balaban J connectivity index is 3.15. The van der Waals surface area contributed by atoms with Gasteiger partial charge in [0.05, 0.1) is 86.2 Å². The number of esters is 2. The predicted molar refractivity (Wildman–Crippen MR) is 107 cm³/mol. The first-order chi connectivity index (χ1) is 14.3. The minimum atomic E-state index is -0.470. The summed E-state index contributed by atoms with van der Waals surface area (Å²) >= 11 is 0. The largest absolute Gasteiger partial charge is 0.467 e. The first-order valence-electron chi connectivity index (χ1n) is 10.1. The maximum absolute atomic E-state index is 11.5. The molecule has 0 aromatic heterocycles. The van der Waals surface area contributed by atoms with Crippen LogP contribution in [0, 0.1) is 0 Å². The van der Waals surface area contributed by atoms with E-state index in [1.54, 1.807) is 0 Å². The summed E-state index contributed by atoms with van der Waals surface area (Å²) in [5.74, 6) is -0.678. The molecular weight excluding hydrogens is 400 g/mol. The van der Waals surface area contributed by atoms with Gasteiger partial charge in [0.2, 0.25) is 0 Å². The molecule has 0 saturated carbocycles. The lowest BCUT2D eigenvalue weighted by molar-refractivity contribution is -0.156. The van der Waals surface area contributed by atoms with Gasteiger partial charge in [0.15, 0.2) is 0 Å². The highest BCUT2D eigenvalue weighted by Crippen LogP contribution is 2.07. The van der Waals surface area contributed by atoms with Gasteiger partial charge in [-0.3, -0.25) is 4.79 Å². The number of rotatable bonds is 20. The molecule has 30 heavy (non-hydrogen) atoms. The van der Waals surface area contributed by atoms with Gasteiger partial charge in [0, 0.05) is 0 Å². The molecular formula is C20H38O10. The van der Waals surface area contributed by atoms with E-state index in [0.717, 1.165) is 0 Å². The lowest BCUT2D eigenvalue weighted by Gasteiger charge is -2.19. The molecule has 0 atom stereocenters. The van der Waals surface area contributed by atoms with Gasteiger partial charge in [-0.25, -0.2) is 4.79 Å². The molecule has 0 aliphatic carbocycles. The van der Waals surface area contributed by atoms with E-state index in [1.165, 1.54) is 7.11 Å². The average molecular weight is 439 g/mol. The Bertz CT molecular complexity index is 422. The summed E-state index contributed by atoms with van der Waals surface area (Å²) in [5.41, 5.74) is -0.470. The first kappa shape index (κ1) is 28.7. The monoisotopic (exact) mass is 438 g/mol. The second-order valence-corrected chi connectivity index (χ2v) is 7.03. The van der Waals surface area contributed by atoms with Gasteiger partial charge >= 0.3 is 11.9 Å². The highest BCUT2D eigenvalue weighted by Gasteiger charge is 2.15. The Hall–Kier alpha value is -1.30. The van der Waals surface area contributed by atoms with Crippen LogP contribution in [0.15, 0.2) is 0 Å². The average Bonchev–Trinajstić information content (AvgIpc) is 2.68. The van der Waals surface area contributed by atoms with E-state index >= 15 is 0 Å². The Morgan fingerprint density at radius 3 is 1.30 bits per heavy atom. The zero-order chi connectivity index (χ0) is 22.5. The van der Waals surface area contributed by atoms with E-state index in [9.17, 15) is 9.59 Å². The Morgan fingerprint density at radius 2 is 0.933 bits per heavy atom. The lowest BCUT2D eigenvalue weighted by atomic mass is 10.2. The summed E-state index contributed by atoms with van der Waals surface area (Å²) in [6.45, 7) is 10.1. The molecule has 0 aliphatic heterocycles. The quantitative estimate of drug-likeness (QED) is 0.202. The topological polar surface area (TPSA) is 108 Å². The van der Waals surface area contributed by atoms with Crippen LogP contribution in [0.2, 0.25) is 0 Å². The van der Waals surface area contributed by atoms with Crippen molar-refractivity contribution < 1.29 is 47.5 Å². The van der Waals surface area contributed by atoms with Crippen LogP contribution < -0.4 is 0 Å². The minimum absolute atomic E-state index is 0.0709. The first-order valence-corrected chi connectivity index (χ1v) is 10.1. The van der Waals surface area contributed by atoms with Gasteiger partial charge in [-0.05, 0) is 20.8 Å². The zero-order valence-corrected chi connectivity index (χ0v) is 18.8. The van der Waals surface area contributed by atoms with Crippen molar-refractivity contribution in [1.82, 2.24) is 0 Å². The summed E-state index contributed by atoms with van der Waals surface area (Å²) in [6, 6.07) is 0. The number of hydrogen-bond donors (Lipinski definition) is 0. The molecule has 0 fully saturated rings. The third kappa shape index (κ3) is 23.0. The van der Waals surface area contributed by atoms with Crippen molar-refractivity contribution in [2.75, 3.05) is 86.4 Å². The predicted octanol–water partition coefficient (Wildman–Crippen LogP) is 0.991. The minimum Gasteiger partial charge on any atom is -0.467 e. The Morgan fingerprint density at radius 1 is 0.567 bits per heavy atom. The highest BCUT2D eigenvalue weighted by molar-refractivity contribution is 5.70. The van der Waals surface area contributed by atoms with Gasteiger partial charge in [-0.2, -0.15) is 0 Å². The van der Waals surface area contributed by atoms with Crippen molar-refractivity contribution in [2.24, 2.45) is 0 Å². The van der Waals surface area contributed by atoms with Crippen molar-refractivity contribution in [3.8, 4) is 0 Å². The maximum Gasteiger partial charge on any atom is 0.331 e. The highest BCUT2D eigenvalue weighted by atomic mass is 16.6. The molecule has 10 heteroatoms. The van der Waals surface area contributed by atoms with Crippen LogP contribution >= 0.6 is 0 Å². The van der Waals surface area contributed by atoms with E-state index in [4.69, 9.17) is 33.2 Å². The van der Waals surface area contributed by atoms with Crippen LogP contribution in [0.3, 0.4) is 0 Å². The van der Waals surface area contributed by atoms with Crippen LogP contribution in [0.4, 0.5) is 0 Å². The molecule has 0 aliphatic rings. The fourth-order valence-electron chi connectivity index (χ4n) is 1.86. The fourth-order valence-corrected chi connectivity index (χ4v) is 1.86. The molecule has 10 nitrogen and oxygen atoms in total. The maximum atomic E-state index is 11.5. The van der Waals surface area contributed by atoms with E-state index < -0.39 is 11.6 Å². The molecule has 0 heterocycles. The number of hydrogen-bond acceptors (Lipinski definition) is 10. The normalized spacial score (nSPS) is 11.5. The van der Waals surface area contributed by atoms with Gasteiger partial charge in [0.1, 0.15) is 12.2 Å². The van der Waals surface area contributed by atoms with Crippen LogP contribution in [0.1, 0.15) is 27.2 Å². The van der Waals surface area contributed by atoms with Crippen molar-refractivity contribution in [1.29, 1.82) is 0 Å². The molecule has 0 aromatic carbocycles. The molecule has 178 valence electrons. The molecule has 0 unspecified atom stereocenters. The van der Waals surface area contributed by atoms with E-state index in [2.05, 4.69) is 4.74 Å². The molecule has 0 saturated heterocycles. The second-order valence-electron chi connectivity index (χ2n) is 7.03. The molecule has 0 N–H and O–H groups in total. The van der Waals surface area contributed by atoms with Crippen molar-refractivity contribution in [3.63, 3.8) is 0 Å². The van der Waals surface area contributed by atoms with Gasteiger partial charge in [-0.1, -0.05) is 0 Å². The summed E-state index contributed by atoms with van der Waals surface area (Å²) in [4.78, 5) is 22.3. The number of ether oxygens (including phenoxy) is 8. The fraction of sp³-hybridized carbons (Fsp3) is 0.900. The van der Waals surface area contributed by atoms with Crippen LogP contribution in [0.5, 0.6) is 0 Å².